The first kappa shape index (κ1) is 14.5. The highest BCUT2D eigenvalue weighted by Crippen LogP contribution is 2.25. The van der Waals surface area contributed by atoms with Crippen LogP contribution in [0.1, 0.15) is 40.5 Å². The van der Waals surface area contributed by atoms with Crippen molar-refractivity contribution in [1.82, 2.24) is 5.32 Å². The molecule has 0 aliphatic heterocycles. The van der Waals surface area contributed by atoms with Gasteiger partial charge in [-0.15, -0.1) is 6.42 Å². The van der Waals surface area contributed by atoms with Crippen LogP contribution in [-0.4, -0.2) is 25.3 Å². The molecule has 0 bridgehead atoms. The normalized spacial score (nSPS) is 18.9. The smallest absolute Gasteiger partial charge is 0.0713 e. The standard InChI is InChI=1S/C13H25NO/c1-7-12(14-9-3)11(4)10-13(5,8-2)15-6/h1,11-12,14H,8-10H2,2-6H3. The fourth-order valence-electron chi connectivity index (χ4n) is 1.82. The van der Waals surface area contributed by atoms with Crippen molar-refractivity contribution in [3.63, 3.8) is 0 Å². The molecule has 0 amide bonds. The van der Waals surface area contributed by atoms with Gasteiger partial charge in [0.15, 0.2) is 0 Å². The van der Waals surface area contributed by atoms with Gasteiger partial charge in [0.05, 0.1) is 11.6 Å². The van der Waals surface area contributed by atoms with Gasteiger partial charge in [0, 0.05) is 7.11 Å². The highest BCUT2D eigenvalue weighted by Gasteiger charge is 2.27. The SMILES string of the molecule is C#CC(NCC)C(C)CC(C)(CC)OC. The Morgan fingerprint density at radius 2 is 2.07 bits per heavy atom. The number of hydrogen-bond acceptors (Lipinski definition) is 2. The predicted molar refractivity (Wildman–Crippen MR) is 65.8 cm³/mol. The Hall–Kier alpha value is -0.520. The molecule has 88 valence electrons. The Morgan fingerprint density at radius 1 is 1.47 bits per heavy atom. The summed E-state index contributed by atoms with van der Waals surface area (Å²) in [5.41, 5.74) is -0.0516. The summed E-state index contributed by atoms with van der Waals surface area (Å²) in [7, 11) is 1.77. The van der Waals surface area contributed by atoms with Crippen molar-refractivity contribution >= 4 is 0 Å². The number of ether oxygens (including phenoxy) is 1. The number of terminal acetylenes is 1. The van der Waals surface area contributed by atoms with Crippen molar-refractivity contribution in [2.24, 2.45) is 5.92 Å². The van der Waals surface area contributed by atoms with E-state index in [2.05, 4.69) is 38.9 Å². The summed E-state index contributed by atoms with van der Waals surface area (Å²) in [6.07, 6.45) is 7.51. The van der Waals surface area contributed by atoms with Gasteiger partial charge in [0.2, 0.25) is 0 Å². The summed E-state index contributed by atoms with van der Waals surface area (Å²) in [6.45, 7) is 9.46. The lowest BCUT2D eigenvalue weighted by molar-refractivity contribution is -0.0171. The molecule has 0 radical (unpaired) electrons. The van der Waals surface area contributed by atoms with E-state index in [0.717, 1.165) is 19.4 Å². The third-order valence-corrected chi connectivity index (χ3v) is 3.17. The molecule has 15 heavy (non-hydrogen) atoms. The number of rotatable bonds is 7. The van der Waals surface area contributed by atoms with Gasteiger partial charge in [-0.25, -0.2) is 0 Å². The molecule has 0 aromatic carbocycles. The van der Waals surface area contributed by atoms with Crippen LogP contribution in [-0.2, 0) is 4.74 Å². The van der Waals surface area contributed by atoms with Crippen LogP contribution >= 0.6 is 0 Å². The van der Waals surface area contributed by atoms with Crippen LogP contribution in [0.25, 0.3) is 0 Å². The van der Waals surface area contributed by atoms with Crippen LogP contribution in [0.4, 0.5) is 0 Å². The third-order valence-electron chi connectivity index (χ3n) is 3.17. The highest BCUT2D eigenvalue weighted by atomic mass is 16.5. The van der Waals surface area contributed by atoms with Crippen LogP contribution in [0.15, 0.2) is 0 Å². The molecule has 3 atom stereocenters. The van der Waals surface area contributed by atoms with Crippen molar-refractivity contribution in [3.8, 4) is 12.3 Å². The molecule has 0 saturated heterocycles. The van der Waals surface area contributed by atoms with Crippen molar-refractivity contribution in [2.45, 2.75) is 52.2 Å². The summed E-state index contributed by atoms with van der Waals surface area (Å²) < 4.78 is 5.53. The fraction of sp³-hybridized carbons (Fsp3) is 0.846. The molecule has 0 aliphatic rings. The topological polar surface area (TPSA) is 21.3 Å². The third kappa shape index (κ3) is 4.68. The van der Waals surface area contributed by atoms with Gasteiger partial charge >= 0.3 is 0 Å². The molecule has 1 N–H and O–H groups in total. The van der Waals surface area contributed by atoms with Crippen LogP contribution in [0.2, 0.25) is 0 Å². The Labute approximate surface area is 94.8 Å². The molecule has 2 nitrogen and oxygen atoms in total. The molecule has 0 heterocycles. The van der Waals surface area contributed by atoms with E-state index in [-0.39, 0.29) is 11.6 Å². The van der Waals surface area contributed by atoms with Gasteiger partial charge in [0.1, 0.15) is 0 Å². The Balaban J connectivity index is 4.32. The average molecular weight is 211 g/mol. The summed E-state index contributed by atoms with van der Waals surface area (Å²) >= 11 is 0. The van der Waals surface area contributed by atoms with Crippen LogP contribution < -0.4 is 5.32 Å². The molecule has 0 spiro atoms. The lowest BCUT2D eigenvalue weighted by atomic mass is 9.86. The maximum absolute atomic E-state index is 5.53. The molecular weight excluding hydrogens is 186 g/mol. The molecular formula is C13H25NO. The summed E-state index contributed by atoms with van der Waals surface area (Å²) in [5.74, 6) is 3.24. The predicted octanol–water partition coefficient (Wildman–Crippen LogP) is 2.44. The van der Waals surface area contributed by atoms with E-state index in [9.17, 15) is 0 Å². The molecule has 0 aromatic rings. The van der Waals surface area contributed by atoms with E-state index in [0.29, 0.717) is 5.92 Å². The van der Waals surface area contributed by atoms with E-state index < -0.39 is 0 Å². The first-order valence-electron chi connectivity index (χ1n) is 5.77. The maximum atomic E-state index is 5.53. The second-order valence-corrected chi connectivity index (χ2v) is 4.39. The van der Waals surface area contributed by atoms with E-state index in [1.165, 1.54) is 0 Å². The molecule has 0 fully saturated rings. The average Bonchev–Trinajstić information content (AvgIpc) is 2.25. The van der Waals surface area contributed by atoms with Gasteiger partial charge in [-0.05, 0) is 32.2 Å². The van der Waals surface area contributed by atoms with Crippen LogP contribution in [0.5, 0.6) is 0 Å². The molecule has 0 rings (SSSR count). The summed E-state index contributed by atoms with van der Waals surface area (Å²) in [4.78, 5) is 0. The van der Waals surface area contributed by atoms with Gasteiger partial charge in [-0.3, -0.25) is 0 Å². The number of hydrogen-bond donors (Lipinski definition) is 1. The summed E-state index contributed by atoms with van der Waals surface area (Å²) in [6, 6.07) is 0.149. The van der Waals surface area contributed by atoms with Gasteiger partial charge in [-0.1, -0.05) is 26.7 Å². The van der Waals surface area contributed by atoms with Gasteiger partial charge in [-0.2, -0.15) is 0 Å². The van der Waals surface area contributed by atoms with Crippen molar-refractivity contribution < 1.29 is 4.74 Å². The molecule has 0 saturated carbocycles. The molecule has 3 unspecified atom stereocenters. The quantitative estimate of drug-likeness (QED) is 0.653. The second-order valence-electron chi connectivity index (χ2n) is 4.39. The Bertz CT molecular complexity index is 203. The van der Waals surface area contributed by atoms with Crippen molar-refractivity contribution in [3.05, 3.63) is 0 Å². The molecule has 0 aliphatic carbocycles. The maximum Gasteiger partial charge on any atom is 0.0713 e. The van der Waals surface area contributed by atoms with Crippen LogP contribution in [0.3, 0.4) is 0 Å². The van der Waals surface area contributed by atoms with Crippen molar-refractivity contribution in [2.75, 3.05) is 13.7 Å². The van der Waals surface area contributed by atoms with Crippen LogP contribution in [0, 0.1) is 18.3 Å². The monoisotopic (exact) mass is 211 g/mol. The van der Waals surface area contributed by atoms with E-state index in [1.54, 1.807) is 7.11 Å². The zero-order valence-corrected chi connectivity index (χ0v) is 10.8. The minimum atomic E-state index is -0.0516. The Morgan fingerprint density at radius 3 is 2.40 bits per heavy atom. The Kier molecular flexibility index (Phi) is 6.63. The van der Waals surface area contributed by atoms with Gasteiger partial charge < -0.3 is 10.1 Å². The minimum absolute atomic E-state index is 0.0516. The van der Waals surface area contributed by atoms with E-state index in [1.807, 2.05) is 0 Å². The highest BCUT2D eigenvalue weighted by molar-refractivity contribution is 5.02. The summed E-state index contributed by atoms with van der Waals surface area (Å²) in [5, 5.41) is 3.31. The van der Waals surface area contributed by atoms with E-state index >= 15 is 0 Å². The fourth-order valence-corrected chi connectivity index (χ4v) is 1.82. The number of methoxy groups -OCH3 is 1. The van der Waals surface area contributed by atoms with E-state index in [4.69, 9.17) is 11.2 Å². The van der Waals surface area contributed by atoms with Gasteiger partial charge in [0.25, 0.3) is 0 Å². The lowest BCUT2D eigenvalue weighted by Crippen LogP contribution is -2.38. The largest absolute Gasteiger partial charge is 0.379 e. The molecule has 2 heteroatoms. The number of nitrogens with one attached hydrogen (secondary N) is 1. The lowest BCUT2D eigenvalue weighted by Gasteiger charge is -2.32. The first-order valence-corrected chi connectivity index (χ1v) is 5.77. The second kappa shape index (κ2) is 6.87. The zero-order valence-electron chi connectivity index (χ0n) is 10.8. The molecule has 0 aromatic heterocycles. The zero-order chi connectivity index (χ0) is 11.9. The van der Waals surface area contributed by atoms with Crippen molar-refractivity contribution in [1.29, 1.82) is 0 Å². The minimum Gasteiger partial charge on any atom is -0.379 e. The first-order chi connectivity index (χ1) is 7.02.